The maximum absolute atomic E-state index is 11.9. The van der Waals surface area contributed by atoms with Crippen molar-refractivity contribution in [2.24, 2.45) is 0 Å². The average Bonchev–Trinajstić information content (AvgIpc) is 3.00. The van der Waals surface area contributed by atoms with Gasteiger partial charge in [-0.15, -0.1) is 0 Å². The van der Waals surface area contributed by atoms with Gasteiger partial charge in [-0.2, -0.15) is 10.2 Å². The van der Waals surface area contributed by atoms with E-state index < -0.39 is 0 Å². The Labute approximate surface area is 133 Å². The number of carbonyl (C=O) groups is 1. The van der Waals surface area contributed by atoms with E-state index in [9.17, 15) is 10.1 Å². The first kappa shape index (κ1) is 15.2. The summed E-state index contributed by atoms with van der Waals surface area (Å²) in [7, 11) is 0. The number of nitrogens with zero attached hydrogens (tertiary/aromatic N) is 4. The number of rotatable bonds is 5. The minimum absolute atomic E-state index is 0.0316. The van der Waals surface area contributed by atoms with Crippen molar-refractivity contribution in [3.8, 4) is 11.9 Å². The van der Waals surface area contributed by atoms with Crippen LogP contribution in [0.15, 0.2) is 10.6 Å². The van der Waals surface area contributed by atoms with Crippen LogP contribution in [-0.4, -0.2) is 20.9 Å². The minimum Gasteiger partial charge on any atom is -0.468 e. The van der Waals surface area contributed by atoms with E-state index in [0.717, 1.165) is 19.3 Å². The number of ketones is 1. The zero-order valence-electron chi connectivity index (χ0n) is 12.8. The molecule has 0 aliphatic heterocycles. The van der Waals surface area contributed by atoms with Crippen LogP contribution in [0.2, 0.25) is 0 Å². The van der Waals surface area contributed by atoms with E-state index in [1.807, 2.05) is 13.0 Å². The number of hydrogen-bond acceptors (Lipinski definition) is 7. The normalized spacial score (nSPS) is 13.5. The van der Waals surface area contributed by atoms with Crippen molar-refractivity contribution in [2.45, 2.75) is 45.6 Å². The van der Waals surface area contributed by atoms with Crippen LogP contribution in [0.3, 0.4) is 0 Å². The van der Waals surface area contributed by atoms with Gasteiger partial charge in [0.2, 0.25) is 17.6 Å². The second-order valence-corrected chi connectivity index (χ2v) is 5.37. The molecule has 2 aromatic heterocycles. The first-order chi connectivity index (χ1) is 11.2. The second-order valence-electron chi connectivity index (χ2n) is 5.37. The quantitative estimate of drug-likeness (QED) is 0.835. The van der Waals surface area contributed by atoms with Gasteiger partial charge >= 0.3 is 0 Å². The average molecular weight is 312 g/mol. The van der Waals surface area contributed by atoms with E-state index >= 15 is 0 Å². The predicted octanol–water partition coefficient (Wildman–Crippen LogP) is 2.39. The highest BCUT2D eigenvalue weighted by Crippen LogP contribution is 2.26. The highest BCUT2D eigenvalue weighted by molar-refractivity contribution is 5.98. The van der Waals surface area contributed by atoms with Crippen molar-refractivity contribution in [1.82, 2.24) is 15.1 Å². The Morgan fingerprint density at radius 1 is 1.39 bits per heavy atom. The van der Waals surface area contributed by atoms with Crippen LogP contribution >= 0.6 is 0 Å². The van der Waals surface area contributed by atoms with Gasteiger partial charge in [-0.25, -0.2) is 4.98 Å². The van der Waals surface area contributed by atoms with Crippen molar-refractivity contribution in [2.75, 3.05) is 0 Å². The lowest BCUT2D eigenvalue weighted by Gasteiger charge is -2.15. The van der Waals surface area contributed by atoms with Crippen molar-refractivity contribution in [3.63, 3.8) is 0 Å². The fraction of sp³-hybridized carbons (Fsp3) is 0.438. The summed E-state index contributed by atoms with van der Waals surface area (Å²) in [5.74, 6) is 1.22. The molecule has 1 aliphatic carbocycles. The zero-order chi connectivity index (χ0) is 16.2. The topological polar surface area (TPSA) is 102 Å². The van der Waals surface area contributed by atoms with Gasteiger partial charge in [0.05, 0.1) is 5.69 Å². The molecule has 0 aromatic carbocycles. The molecule has 7 heteroatoms. The molecule has 1 aliphatic rings. The molecule has 0 unspecified atom stereocenters. The Morgan fingerprint density at radius 2 is 2.26 bits per heavy atom. The molecule has 0 fully saturated rings. The van der Waals surface area contributed by atoms with E-state index in [0.29, 0.717) is 35.8 Å². The SMILES string of the molecule is CCCc1nc(COc2nc3c(cc2C#N)C(=O)CCC3)no1. The van der Waals surface area contributed by atoms with Crippen molar-refractivity contribution < 1.29 is 14.1 Å². The third kappa shape index (κ3) is 3.21. The molecular formula is C16H16N4O3. The lowest BCUT2D eigenvalue weighted by atomic mass is 9.94. The van der Waals surface area contributed by atoms with Crippen LogP contribution in [0.4, 0.5) is 0 Å². The molecule has 0 N–H and O–H groups in total. The lowest BCUT2D eigenvalue weighted by Crippen LogP contribution is -2.14. The number of pyridine rings is 1. The number of nitriles is 1. The van der Waals surface area contributed by atoms with Gasteiger partial charge in [0, 0.05) is 18.4 Å². The molecular weight excluding hydrogens is 296 g/mol. The maximum atomic E-state index is 11.9. The number of aromatic nitrogens is 3. The number of fused-ring (bicyclic) bond motifs is 1. The summed E-state index contributed by atoms with van der Waals surface area (Å²) in [5, 5.41) is 13.1. The Balaban J connectivity index is 1.79. The third-order valence-electron chi connectivity index (χ3n) is 3.62. The van der Waals surface area contributed by atoms with E-state index in [4.69, 9.17) is 9.26 Å². The summed E-state index contributed by atoms with van der Waals surface area (Å²) in [5.41, 5.74) is 1.47. The van der Waals surface area contributed by atoms with Gasteiger partial charge in [-0.3, -0.25) is 4.79 Å². The molecule has 118 valence electrons. The van der Waals surface area contributed by atoms with E-state index in [1.54, 1.807) is 6.07 Å². The summed E-state index contributed by atoms with van der Waals surface area (Å²) in [6.45, 7) is 2.10. The molecule has 0 saturated heterocycles. The van der Waals surface area contributed by atoms with E-state index in [1.165, 1.54) is 0 Å². The van der Waals surface area contributed by atoms with Crippen LogP contribution < -0.4 is 4.74 Å². The number of carbonyl (C=O) groups excluding carboxylic acids is 1. The molecule has 0 spiro atoms. The fourth-order valence-corrected chi connectivity index (χ4v) is 2.50. The first-order valence-electron chi connectivity index (χ1n) is 7.62. The summed E-state index contributed by atoms with van der Waals surface area (Å²) >= 11 is 0. The number of ether oxygens (including phenoxy) is 1. The van der Waals surface area contributed by atoms with Crippen LogP contribution in [0.5, 0.6) is 5.88 Å². The van der Waals surface area contributed by atoms with Crippen molar-refractivity contribution >= 4 is 5.78 Å². The van der Waals surface area contributed by atoms with Crippen molar-refractivity contribution in [3.05, 3.63) is 34.6 Å². The van der Waals surface area contributed by atoms with Crippen LogP contribution in [0, 0.1) is 11.3 Å². The van der Waals surface area contributed by atoms with Gasteiger partial charge < -0.3 is 9.26 Å². The Kier molecular flexibility index (Phi) is 4.33. The summed E-state index contributed by atoms with van der Waals surface area (Å²) in [4.78, 5) is 20.4. The summed E-state index contributed by atoms with van der Waals surface area (Å²) in [6.07, 6.45) is 3.63. The molecule has 3 rings (SSSR count). The molecule has 23 heavy (non-hydrogen) atoms. The predicted molar refractivity (Wildman–Crippen MR) is 78.8 cm³/mol. The molecule has 2 heterocycles. The monoisotopic (exact) mass is 312 g/mol. The van der Waals surface area contributed by atoms with Gasteiger partial charge in [0.1, 0.15) is 11.6 Å². The minimum atomic E-state index is 0.0316. The standard InChI is InChI=1S/C16H16N4O3/c1-2-4-15-19-14(20-23-15)9-22-16-10(8-17)7-11-12(18-16)5-3-6-13(11)21/h7H,2-6,9H2,1H3. The second kappa shape index (κ2) is 6.57. The largest absolute Gasteiger partial charge is 0.468 e. The van der Waals surface area contributed by atoms with Gasteiger partial charge in [0.15, 0.2) is 12.4 Å². The molecule has 7 nitrogen and oxygen atoms in total. The van der Waals surface area contributed by atoms with Gasteiger partial charge in [0.25, 0.3) is 0 Å². The molecule has 0 bridgehead atoms. The lowest BCUT2D eigenvalue weighted by molar-refractivity contribution is 0.0971. The highest BCUT2D eigenvalue weighted by atomic mass is 16.5. The Morgan fingerprint density at radius 3 is 3.04 bits per heavy atom. The first-order valence-corrected chi connectivity index (χ1v) is 7.62. The van der Waals surface area contributed by atoms with Gasteiger partial charge in [-0.1, -0.05) is 12.1 Å². The Bertz CT molecular complexity index is 776. The van der Waals surface area contributed by atoms with Crippen LogP contribution in [-0.2, 0) is 19.4 Å². The molecule has 0 atom stereocenters. The molecule has 0 amide bonds. The van der Waals surface area contributed by atoms with Crippen LogP contribution in [0.1, 0.15) is 59.5 Å². The van der Waals surface area contributed by atoms with E-state index in [-0.39, 0.29) is 23.8 Å². The van der Waals surface area contributed by atoms with Crippen molar-refractivity contribution in [1.29, 1.82) is 5.26 Å². The molecule has 2 aromatic rings. The maximum Gasteiger partial charge on any atom is 0.232 e. The summed E-state index contributed by atoms with van der Waals surface area (Å²) < 4.78 is 10.7. The zero-order valence-corrected chi connectivity index (χ0v) is 12.8. The summed E-state index contributed by atoms with van der Waals surface area (Å²) in [6, 6.07) is 3.59. The molecule has 0 radical (unpaired) electrons. The third-order valence-corrected chi connectivity index (χ3v) is 3.62. The smallest absolute Gasteiger partial charge is 0.232 e. The van der Waals surface area contributed by atoms with Crippen LogP contribution in [0.25, 0.3) is 0 Å². The van der Waals surface area contributed by atoms with Gasteiger partial charge in [-0.05, 0) is 25.3 Å². The number of Topliss-reactive ketones (excluding diaryl/α,β-unsaturated/α-hetero) is 1. The fourth-order valence-electron chi connectivity index (χ4n) is 2.50. The Hall–Kier alpha value is -2.75. The highest BCUT2D eigenvalue weighted by Gasteiger charge is 2.22. The number of aryl methyl sites for hydroxylation is 2. The number of hydrogen-bond donors (Lipinski definition) is 0. The molecule has 0 saturated carbocycles. The van der Waals surface area contributed by atoms with E-state index in [2.05, 4.69) is 15.1 Å².